The molecule has 5 nitrogen and oxygen atoms in total. The monoisotopic (exact) mass is 429 g/mol. The van der Waals surface area contributed by atoms with Gasteiger partial charge in [-0.15, -0.1) is 0 Å². The fraction of sp³-hybridized carbons (Fsp3) is 0.174. The molecule has 3 aromatic rings. The molecule has 0 aliphatic carbocycles. The third-order valence-corrected chi connectivity index (χ3v) is 5.02. The molecule has 0 heterocycles. The molecule has 0 atom stereocenters. The lowest BCUT2D eigenvalue weighted by Crippen LogP contribution is -2.23. The van der Waals surface area contributed by atoms with Crippen LogP contribution < -0.4 is 9.64 Å². The van der Waals surface area contributed by atoms with Crippen molar-refractivity contribution in [2.45, 2.75) is 13.1 Å². The third-order valence-electron chi connectivity index (χ3n) is 4.66. The average Bonchev–Trinajstić information content (AvgIpc) is 2.75. The largest absolute Gasteiger partial charge is 0.508 e. The molecular weight excluding hydrogens is 409 g/mol. The summed E-state index contributed by atoms with van der Waals surface area (Å²) in [6.45, 7) is 0.554. The molecule has 0 radical (unpaired) electrons. The number of hydrogen-bond donors (Lipinski definition) is 1. The van der Waals surface area contributed by atoms with Gasteiger partial charge in [0.25, 0.3) is 0 Å². The number of carbonyl (C=O) groups excluding carboxylic acids is 1. The highest BCUT2D eigenvalue weighted by Gasteiger charge is 2.18. The molecule has 0 spiro atoms. The quantitative estimate of drug-likeness (QED) is 0.524. The minimum absolute atomic E-state index is 0.0573. The predicted octanol–water partition coefficient (Wildman–Crippen LogP) is 5.19. The second-order valence-electron chi connectivity index (χ2n) is 6.60. The molecule has 0 saturated carbocycles. The summed E-state index contributed by atoms with van der Waals surface area (Å²) in [5.74, 6) is -0.335. The Balaban J connectivity index is 1.98. The number of phenolic OH excluding ortho intramolecular Hbond substituents is 1. The first-order valence-corrected chi connectivity index (χ1v) is 9.52. The molecule has 0 amide bonds. The molecular formula is C23H21ClFNO4. The highest BCUT2D eigenvalue weighted by Crippen LogP contribution is 2.35. The topological polar surface area (TPSA) is 59.0 Å². The Hall–Kier alpha value is -3.25. The van der Waals surface area contributed by atoms with Crippen LogP contribution in [-0.4, -0.2) is 25.3 Å². The number of hydrogen-bond acceptors (Lipinski definition) is 5. The van der Waals surface area contributed by atoms with E-state index in [9.17, 15) is 14.3 Å². The number of aromatic hydroxyl groups is 1. The predicted molar refractivity (Wildman–Crippen MR) is 114 cm³/mol. The second kappa shape index (κ2) is 9.50. The number of benzene rings is 3. The van der Waals surface area contributed by atoms with Crippen molar-refractivity contribution in [1.29, 1.82) is 0 Å². The van der Waals surface area contributed by atoms with Crippen molar-refractivity contribution in [2.75, 3.05) is 19.1 Å². The summed E-state index contributed by atoms with van der Waals surface area (Å²) in [7, 11) is 2.82. The normalized spacial score (nSPS) is 10.5. The van der Waals surface area contributed by atoms with Crippen LogP contribution in [0.4, 0.5) is 10.1 Å². The number of rotatable bonds is 7. The Kier molecular flexibility index (Phi) is 6.79. The Bertz CT molecular complexity index is 1020. The highest BCUT2D eigenvalue weighted by molar-refractivity contribution is 6.31. The summed E-state index contributed by atoms with van der Waals surface area (Å²) in [5.41, 5.74) is 2.32. The van der Waals surface area contributed by atoms with Crippen molar-refractivity contribution in [3.63, 3.8) is 0 Å². The van der Waals surface area contributed by atoms with Crippen molar-refractivity contribution >= 4 is 23.3 Å². The Morgan fingerprint density at radius 1 is 1.07 bits per heavy atom. The van der Waals surface area contributed by atoms with Crippen LogP contribution in [0.5, 0.6) is 11.5 Å². The summed E-state index contributed by atoms with van der Waals surface area (Å²) in [6, 6.07) is 16.2. The van der Waals surface area contributed by atoms with Gasteiger partial charge >= 0.3 is 5.97 Å². The third kappa shape index (κ3) is 4.83. The fourth-order valence-corrected chi connectivity index (χ4v) is 3.34. The number of carbonyl (C=O) groups is 1. The van der Waals surface area contributed by atoms with E-state index in [0.717, 1.165) is 5.56 Å². The van der Waals surface area contributed by atoms with Gasteiger partial charge in [0.1, 0.15) is 17.3 Å². The lowest BCUT2D eigenvalue weighted by atomic mass is 10.1. The van der Waals surface area contributed by atoms with E-state index < -0.39 is 11.8 Å². The van der Waals surface area contributed by atoms with Gasteiger partial charge in [-0.2, -0.15) is 0 Å². The summed E-state index contributed by atoms with van der Waals surface area (Å²) in [5, 5.41) is 10.1. The van der Waals surface area contributed by atoms with E-state index in [4.69, 9.17) is 21.1 Å². The zero-order chi connectivity index (χ0) is 21.7. The Morgan fingerprint density at radius 2 is 1.80 bits per heavy atom. The maximum atomic E-state index is 14.5. The summed E-state index contributed by atoms with van der Waals surface area (Å²) in [6.07, 6.45) is 0. The number of halogens is 2. The van der Waals surface area contributed by atoms with Gasteiger partial charge in [-0.1, -0.05) is 29.8 Å². The molecule has 156 valence electrons. The van der Waals surface area contributed by atoms with Gasteiger partial charge < -0.3 is 19.5 Å². The van der Waals surface area contributed by atoms with Crippen LogP contribution in [0, 0.1) is 5.82 Å². The van der Waals surface area contributed by atoms with Gasteiger partial charge in [0.05, 0.1) is 25.5 Å². The lowest BCUT2D eigenvalue weighted by molar-refractivity contribution is 0.0600. The smallest absolute Gasteiger partial charge is 0.337 e. The minimum Gasteiger partial charge on any atom is -0.508 e. The highest BCUT2D eigenvalue weighted by atomic mass is 35.5. The average molecular weight is 430 g/mol. The fourth-order valence-electron chi connectivity index (χ4n) is 3.11. The molecule has 0 aliphatic heterocycles. The molecule has 3 aromatic carbocycles. The summed E-state index contributed by atoms with van der Waals surface area (Å²) in [4.78, 5) is 13.6. The van der Waals surface area contributed by atoms with Crippen molar-refractivity contribution in [1.82, 2.24) is 0 Å². The van der Waals surface area contributed by atoms with Gasteiger partial charge in [0, 0.05) is 29.7 Å². The van der Waals surface area contributed by atoms with E-state index in [1.165, 1.54) is 32.4 Å². The van der Waals surface area contributed by atoms with Crippen LogP contribution in [-0.2, 0) is 17.8 Å². The zero-order valence-corrected chi connectivity index (χ0v) is 17.3. The molecule has 0 aromatic heterocycles. The minimum atomic E-state index is -0.420. The van der Waals surface area contributed by atoms with Crippen molar-refractivity contribution < 1.29 is 23.8 Å². The maximum absolute atomic E-state index is 14.5. The van der Waals surface area contributed by atoms with Gasteiger partial charge in [-0.3, -0.25) is 0 Å². The van der Waals surface area contributed by atoms with E-state index in [-0.39, 0.29) is 12.3 Å². The number of methoxy groups -OCH3 is 2. The molecule has 0 aliphatic rings. The molecule has 0 bridgehead atoms. The number of phenols is 1. The van der Waals surface area contributed by atoms with Crippen LogP contribution in [0.15, 0.2) is 60.7 Å². The second-order valence-corrected chi connectivity index (χ2v) is 7.01. The molecule has 3 rings (SSSR count). The van der Waals surface area contributed by atoms with Crippen molar-refractivity contribution in [2.24, 2.45) is 0 Å². The molecule has 0 unspecified atom stereocenters. The number of anilines is 1. The Labute approximate surface area is 179 Å². The van der Waals surface area contributed by atoms with Crippen LogP contribution in [0.3, 0.4) is 0 Å². The number of ether oxygens (including phenoxy) is 2. The zero-order valence-electron chi connectivity index (χ0n) is 16.6. The summed E-state index contributed by atoms with van der Waals surface area (Å²) < 4.78 is 24.6. The van der Waals surface area contributed by atoms with Crippen molar-refractivity contribution in [3.8, 4) is 11.5 Å². The summed E-state index contributed by atoms with van der Waals surface area (Å²) >= 11 is 6.25. The first kappa shape index (κ1) is 21.5. The molecule has 0 saturated heterocycles. The first-order chi connectivity index (χ1) is 14.4. The Morgan fingerprint density at radius 3 is 2.43 bits per heavy atom. The van der Waals surface area contributed by atoms with Crippen LogP contribution in [0.1, 0.15) is 21.5 Å². The van der Waals surface area contributed by atoms with Crippen LogP contribution >= 0.6 is 11.6 Å². The molecule has 0 fully saturated rings. The van der Waals surface area contributed by atoms with E-state index in [1.807, 2.05) is 4.90 Å². The van der Waals surface area contributed by atoms with Crippen LogP contribution in [0.2, 0.25) is 5.02 Å². The standard InChI is InChI=1S/C23H21ClFNO4/c1-29-22-12-17(27)10-11-21(22)26(14-18-19(24)4-3-5-20(18)25)13-15-6-8-16(9-7-15)23(28)30-2/h3-12,27H,13-14H2,1-2H3. The molecule has 7 heteroatoms. The van der Waals surface area contributed by atoms with E-state index in [2.05, 4.69) is 0 Å². The van der Waals surface area contributed by atoms with Gasteiger partial charge in [0.15, 0.2) is 0 Å². The van der Waals surface area contributed by atoms with E-state index in [1.54, 1.807) is 42.5 Å². The molecule has 30 heavy (non-hydrogen) atoms. The van der Waals surface area contributed by atoms with Gasteiger partial charge in [-0.05, 0) is 42.0 Å². The SMILES string of the molecule is COC(=O)c1ccc(CN(Cc2c(F)cccc2Cl)c2ccc(O)cc2OC)cc1. The number of esters is 1. The van der Waals surface area contributed by atoms with Crippen LogP contribution in [0.25, 0.3) is 0 Å². The molecule has 1 N–H and O–H groups in total. The van der Waals surface area contributed by atoms with E-state index in [0.29, 0.717) is 34.1 Å². The lowest BCUT2D eigenvalue weighted by Gasteiger charge is -2.27. The van der Waals surface area contributed by atoms with E-state index >= 15 is 0 Å². The number of nitrogens with zero attached hydrogens (tertiary/aromatic N) is 1. The van der Waals surface area contributed by atoms with Gasteiger partial charge in [-0.25, -0.2) is 9.18 Å². The van der Waals surface area contributed by atoms with Gasteiger partial charge in [0.2, 0.25) is 0 Å². The maximum Gasteiger partial charge on any atom is 0.337 e. The van der Waals surface area contributed by atoms with Crippen molar-refractivity contribution in [3.05, 3.63) is 88.2 Å². The first-order valence-electron chi connectivity index (χ1n) is 9.15.